The van der Waals surface area contributed by atoms with Gasteiger partial charge in [0, 0.05) is 30.2 Å². The van der Waals surface area contributed by atoms with E-state index in [0.717, 1.165) is 6.07 Å². The van der Waals surface area contributed by atoms with Crippen LogP contribution in [0.4, 0.5) is 13.2 Å². The van der Waals surface area contributed by atoms with Crippen LogP contribution in [0.3, 0.4) is 0 Å². The molecule has 1 aliphatic rings. The molecular weight excluding hydrogens is 399 g/mol. The van der Waals surface area contributed by atoms with Crippen molar-refractivity contribution in [2.75, 3.05) is 13.1 Å². The number of hydrogen-bond donors (Lipinski definition) is 2. The number of carbonyl (C=O) groups is 1. The van der Waals surface area contributed by atoms with Gasteiger partial charge in [-0.15, -0.1) is 0 Å². The molecule has 1 saturated heterocycles. The number of aliphatic hydroxyl groups is 1. The van der Waals surface area contributed by atoms with Crippen LogP contribution in [0.1, 0.15) is 35.0 Å². The molecule has 158 valence electrons. The Bertz CT molecular complexity index is 1100. The first kappa shape index (κ1) is 20.4. The van der Waals surface area contributed by atoms with Crippen molar-refractivity contribution in [3.8, 4) is 11.3 Å². The van der Waals surface area contributed by atoms with E-state index in [2.05, 4.69) is 4.98 Å². The lowest BCUT2D eigenvalue weighted by Gasteiger charge is -2.19. The summed E-state index contributed by atoms with van der Waals surface area (Å²) in [6.07, 6.45) is -2.79. The van der Waals surface area contributed by atoms with Crippen molar-refractivity contribution in [2.24, 2.45) is 5.73 Å². The first-order valence-electron chi connectivity index (χ1n) is 9.39. The fourth-order valence-electron chi connectivity index (χ4n) is 3.66. The molecule has 1 aromatic carbocycles. The topological polar surface area (TPSA) is 92.6 Å². The molecule has 0 saturated carbocycles. The van der Waals surface area contributed by atoms with Crippen LogP contribution in [-0.2, 0) is 12.7 Å². The van der Waals surface area contributed by atoms with Crippen LogP contribution in [0.5, 0.6) is 0 Å². The van der Waals surface area contributed by atoms with Crippen LogP contribution in [0.2, 0.25) is 0 Å². The maximum atomic E-state index is 13.5. The summed E-state index contributed by atoms with van der Waals surface area (Å²) in [6, 6.07) is 7.04. The molecule has 0 radical (unpaired) electrons. The second kappa shape index (κ2) is 7.10. The highest BCUT2D eigenvalue weighted by Crippen LogP contribution is 2.39. The van der Waals surface area contributed by atoms with Gasteiger partial charge in [0.05, 0.1) is 29.0 Å². The fourth-order valence-corrected chi connectivity index (χ4v) is 3.66. The zero-order valence-corrected chi connectivity index (χ0v) is 16.2. The van der Waals surface area contributed by atoms with Crippen molar-refractivity contribution in [1.82, 2.24) is 9.88 Å². The van der Waals surface area contributed by atoms with Crippen LogP contribution in [0.15, 0.2) is 40.9 Å². The highest BCUT2D eigenvalue weighted by atomic mass is 19.4. The molecule has 3 aromatic rings. The Morgan fingerprint density at radius 1 is 1.33 bits per heavy atom. The molecule has 9 heteroatoms. The lowest BCUT2D eigenvalue weighted by atomic mass is 10.0. The first-order valence-corrected chi connectivity index (χ1v) is 9.39. The van der Waals surface area contributed by atoms with Gasteiger partial charge in [0.1, 0.15) is 11.3 Å². The minimum absolute atomic E-state index is 0.0141. The van der Waals surface area contributed by atoms with E-state index in [1.165, 1.54) is 29.3 Å². The monoisotopic (exact) mass is 419 g/mol. The summed E-state index contributed by atoms with van der Waals surface area (Å²) in [4.78, 5) is 18.3. The Morgan fingerprint density at radius 3 is 2.67 bits per heavy atom. The van der Waals surface area contributed by atoms with Crippen LogP contribution in [0.25, 0.3) is 22.2 Å². The summed E-state index contributed by atoms with van der Waals surface area (Å²) >= 11 is 0. The van der Waals surface area contributed by atoms with Gasteiger partial charge in [0.2, 0.25) is 0 Å². The minimum atomic E-state index is -4.61. The average Bonchev–Trinajstić information content (AvgIpc) is 3.28. The van der Waals surface area contributed by atoms with Gasteiger partial charge in [-0.05, 0) is 43.7 Å². The smallest absolute Gasteiger partial charge is 0.420 e. The summed E-state index contributed by atoms with van der Waals surface area (Å²) in [7, 11) is 0. The van der Waals surface area contributed by atoms with Gasteiger partial charge in [0.15, 0.2) is 0 Å². The van der Waals surface area contributed by atoms with E-state index in [1.807, 2.05) is 0 Å². The van der Waals surface area contributed by atoms with Crippen LogP contribution in [-0.4, -0.2) is 39.6 Å². The molecule has 0 aliphatic carbocycles. The molecule has 0 spiro atoms. The number of aromatic nitrogens is 1. The van der Waals surface area contributed by atoms with E-state index in [1.54, 1.807) is 13.0 Å². The predicted molar refractivity (Wildman–Crippen MR) is 103 cm³/mol. The van der Waals surface area contributed by atoms with Gasteiger partial charge >= 0.3 is 6.18 Å². The van der Waals surface area contributed by atoms with Crippen molar-refractivity contribution in [2.45, 2.75) is 31.7 Å². The van der Waals surface area contributed by atoms with E-state index < -0.39 is 17.3 Å². The Labute approximate surface area is 170 Å². The Morgan fingerprint density at radius 2 is 2.10 bits per heavy atom. The van der Waals surface area contributed by atoms with E-state index in [4.69, 9.17) is 10.2 Å². The van der Waals surface area contributed by atoms with Crippen molar-refractivity contribution < 1.29 is 27.5 Å². The molecule has 3 heterocycles. The number of nitrogens with zero attached hydrogens (tertiary/aromatic N) is 2. The quantitative estimate of drug-likeness (QED) is 0.677. The number of hydrogen-bond acceptors (Lipinski definition) is 5. The number of fused-ring (bicyclic) bond motifs is 1. The maximum Gasteiger partial charge on any atom is 0.420 e. The van der Waals surface area contributed by atoms with E-state index >= 15 is 0 Å². The molecule has 1 unspecified atom stereocenters. The molecule has 1 fully saturated rings. The lowest BCUT2D eigenvalue weighted by molar-refractivity contribution is -0.136. The van der Waals surface area contributed by atoms with Gasteiger partial charge in [0.25, 0.3) is 5.91 Å². The van der Waals surface area contributed by atoms with Crippen LogP contribution in [0, 0.1) is 0 Å². The predicted octanol–water partition coefficient (Wildman–Crippen LogP) is 3.57. The Balaban J connectivity index is 1.68. The number of amides is 1. The fraction of sp³-hybridized carbons (Fsp3) is 0.333. The third-order valence-corrected chi connectivity index (χ3v) is 5.22. The zero-order valence-electron chi connectivity index (χ0n) is 16.2. The van der Waals surface area contributed by atoms with Crippen molar-refractivity contribution in [1.29, 1.82) is 0 Å². The second-order valence-electron chi connectivity index (χ2n) is 7.76. The first-order chi connectivity index (χ1) is 14.1. The second-order valence-corrected chi connectivity index (χ2v) is 7.76. The van der Waals surface area contributed by atoms with Crippen molar-refractivity contribution in [3.63, 3.8) is 0 Å². The number of nitrogens with two attached hydrogens (primary N) is 1. The van der Waals surface area contributed by atoms with Crippen molar-refractivity contribution in [3.05, 3.63) is 53.4 Å². The normalized spacial score (nSPS) is 19.6. The zero-order chi connectivity index (χ0) is 21.7. The standard InChI is InChI=1S/C21H20F3N3O3/c1-20(29)4-5-27(11-20)19(28)12-2-3-17(26-10-12)13-6-14-7-15(9-25)30-18(14)16(8-13)21(22,23)24/h2-3,6-8,10,29H,4-5,9,11,25H2,1H3. The van der Waals surface area contributed by atoms with E-state index in [-0.39, 0.29) is 41.3 Å². The number of furan rings is 1. The highest BCUT2D eigenvalue weighted by molar-refractivity contribution is 5.94. The molecule has 4 rings (SSSR count). The summed E-state index contributed by atoms with van der Waals surface area (Å²) in [6.45, 7) is 2.31. The molecule has 30 heavy (non-hydrogen) atoms. The van der Waals surface area contributed by atoms with Gasteiger partial charge < -0.3 is 20.2 Å². The SMILES string of the molecule is CC1(O)CCN(C(=O)c2ccc(-c3cc(C(F)(F)F)c4oc(CN)cc4c3)nc2)C1. The summed E-state index contributed by atoms with van der Waals surface area (Å²) in [5.41, 5.74) is 4.26. The van der Waals surface area contributed by atoms with Crippen LogP contribution >= 0.6 is 0 Å². The van der Waals surface area contributed by atoms with Gasteiger partial charge in [-0.3, -0.25) is 9.78 Å². The lowest BCUT2D eigenvalue weighted by Crippen LogP contribution is -2.33. The van der Waals surface area contributed by atoms with Crippen LogP contribution < -0.4 is 5.73 Å². The number of likely N-dealkylation sites (tertiary alicyclic amines) is 1. The number of benzene rings is 1. The van der Waals surface area contributed by atoms with Gasteiger partial charge in [-0.2, -0.15) is 13.2 Å². The number of β-amino-alcohol motifs (C(OH)–C–C–N with tert-alkyl or cyclic N) is 1. The number of rotatable bonds is 3. The molecule has 1 aliphatic heterocycles. The molecule has 0 bridgehead atoms. The number of alkyl halides is 3. The minimum Gasteiger partial charge on any atom is -0.459 e. The summed E-state index contributed by atoms with van der Waals surface area (Å²) in [5.74, 6) is -0.0243. The van der Waals surface area contributed by atoms with E-state index in [0.29, 0.717) is 24.2 Å². The molecular formula is C21H20F3N3O3. The number of pyridine rings is 1. The number of carbonyl (C=O) groups excluding carboxylic acids is 1. The van der Waals surface area contributed by atoms with Crippen molar-refractivity contribution >= 4 is 16.9 Å². The maximum absolute atomic E-state index is 13.5. The molecule has 1 amide bonds. The third kappa shape index (κ3) is 3.78. The Hall–Kier alpha value is -2.91. The number of halogens is 3. The molecule has 3 N–H and O–H groups in total. The van der Waals surface area contributed by atoms with E-state index in [9.17, 15) is 23.1 Å². The average molecular weight is 419 g/mol. The molecule has 1 atom stereocenters. The molecule has 2 aromatic heterocycles. The largest absolute Gasteiger partial charge is 0.459 e. The Kier molecular flexibility index (Phi) is 4.82. The van der Waals surface area contributed by atoms with Gasteiger partial charge in [-0.25, -0.2) is 0 Å². The third-order valence-electron chi connectivity index (χ3n) is 5.22. The highest BCUT2D eigenvalue weighted by Gasteiger charge is 2.36. The summed E-state index contributed by atoms with van der Waals surface area (Å²) < 4.78 is 45.9. The summed E-state index contributed by atoms with van der Waals surface area (Å²) in [5, 5.41) is 10.3. The molecule has 6 nitrogen and oxygen atoms in total. The van der Waals surface area contributed by atoms with Gasteiger partial charge in [-0.1, -0.05) is 0 Å².